The summed E-state index contributed by atoms with van der Waals surface area (Å²) in [6, 6.07) is 18.8. The lowest BCUT2D eigenvalue weighted by Crippen LogP contribution is -2.31. The minimum Gasteiger partial charge on any atom is -0.323 e. The van der Waals surface area contributed by atoms with E-state index in [2.05, 4.69) is 23.6 Å². The average molecular weight is 478 g/mol. The van der Waals surface area contributed by atoms with Crippen LogP contribution in [0.4, 0.5) is 0 Å². The Balaban J connectivity index is 1.41. The second-order valence-corrected chi connectivity index (χ2v) is 9.02. The molecular formula is C26H21Cl2N3O2. The molecule has 4 aromatic rings. The highest BCUT2D eigenvalue weighted by Gasteiger charge is 2.34. The first-order chi connectivity index (χ1) is 15.9. The quantitative estimate of drug-likeness (QED) is 0.323. The van der Waals surface area contributed by atoms with Crippen LogP contribution in [0, 0.1) is 6.92 Å². The minimum atomic E-state index is -0.234. The lowest BCUT2D eigenvalue weighted by atomic mass is 10.1. The summed E-state index contributed by atoms with van der Waals surface area (Å²) in [5.74, 6) is 0.397. The molecule has 0 bridgehead atoms. The van der Waals surface area contributed by atoms with E-state index in [4.69, 9.17) is 28.2 Å². The maximum atomic E-state index is 12.7. The molecule has 5 rings (SSSR count). The molecule has 0 spiro atoms. The van der Waals surface area contributed by atoms with Gasteiger partial charge in [0.2, 0.25) is 0 Å². The third-order valence-corrected chi connectivity index (χ3v) is 6.84. The molecule has 0 fully saturated rings. The van der Waals surface area contributed by atoms with Gasteiger partial charge in [0.05, 0.1) is 32.2 Å². The summed E-state index contributed by atoms with van der Waals surface area (Å²) in [5.41, 5.74) is 5.00. The molecule has 33 heavy (non-hydrogen) atoms. The van der Waals surface area contributed by atoms with Crippen LogP contribution in [0.1, 0.15) is 44.1 Å². The van der Waals surface area contributed by atoms with Crippen LogP contribution in [-0.4, -0.2) is 32.8 Å². The first-order valence-electron chi connectivity index (χ1n) is 10.8. The van der Waals surface area contributed by atoms with E-state index in [0.717, 1.165) is 16.9 Å². The number of nitrogens with zero attached hydrogens (tertiary/aromatic N) is 3. The first-order valence-corrected chi connectivity index (χ1v) is 11.5. The third kappa shape index (κ3) is 3.92. The molecule has 2 amide bonds. The van der Waals surface area contributed by atoms with Crippen LogP contribution in [0.2, 0.25) is 10.0 Å². The fourth-order valence-corrected chi connectivity index (χ4v) is 4.65. The van der Waals surface area contributed by atoms with Crippen molar-refractivity contribution in [3.63, 3.8) is 0 Å². The molecular weight excluding hydrogens is 457 g/mol. The molecule has 1 aliphatic heterocycles. The zero-order valence-electron chi connectivity index (χ0n) is 18.0. The number of hydrogen-bond donors (Lipinski definition) is 0. The molecule has 1 aliphatic rings. The summed E-state index contributed by atoms with van der Waals surface area (Å²) in [4.78, 5) is 31.5. The molecule has 166 valence electrons. The number of carbonyl (C=O) groups is 2. The van der Waals surface area contributed by atoms with Crippen LogP contribution < -0.4 is 0 Å². The smallest absolute Gasteiger partial charge is 0.261 e. The van der Waals surface area contributed by atoms with Crippen LogP contribution in [-0.2, 0) is 13.0 Å². The molecule has 0 N–H and O–H groups in total. The Morgan fingerprint density at radius 1 is 0.879 bits per heavy atom. The van der Waals surface area contributed by atoms with Gasteiger partial charge in [-0.3, -0.25) is 14.5 Å². The van der Waals surface area contributed by atoms with Gasteiger partial charge in [-0.05, 0) is 48.7 Å². The molecule has 5 nitrogen and oxygen atoms in total. The number of aryl methyl sites for hydroxylation is 2. The SMILES string of the molecule is Cc1ccccc1Cn1c(CCCN2C(=O)c3ccccc3C2=O)nc2cc(Cl)c(Cl)cc21. The molecule has 0 saturated carbocycles. The van der Waals surface area contributed by atoms with Gasteiger partial charge in [0, 0.05) is 19.5 Å². The van der Waals surface area contributed by atoms with Gasteiger partial charge in [-0.2, -0.15) is 0 Å². The van der Waals surface area contributed by atoms with Crippen LogP contribution in [0.15, 0.2) is 60.7 Å². The van der Waals surface area contributed by atoms with Gasteiger partial charge in [0.15, 0.2) is 0 Å². The number of imide groups is 1. The van der Waals surface area contributed by atoms with E-state index in [9.17, 15) is 9.59 Å². The van der Waals surface area contributed by atoms with Crippen molar-refractivity contribution >= 4 is 46.0 Å². The maximum Gasteiger partial charge on any atom is 0.261 e. The van der Waals surface area contributed by atoms with E-state index in [0.29, 0.717) is 47.1 Å². The number of amides is 2. The number of carbonyl (C=O) groups excluding carboxylic acids is 2. The van der Waals surface area contributed by atoms with Crippen molar-refractivity contribution in [2.75, 3.05) is 6.54 Å². The molecule has 3 aromatic carbocycles. The summed E-state index contributed by atoms with van der Waals surface area (Å²) >= 11 is 12.6. The van der Waals surface area contributed by atoms with E-state index in [1.165, 1.54) is 16.0 Å². The van der Waals surface area contributed by atoms with Crippen molar-refractivity contribution < 1.29 is 9.59 Å². The number of fused-ring (bicyclic) bond motifs is 2. The monoisotopic (exact) mass is 477 g/mol. The minimum absolute atomic E-state index is 0.234. The Bertz CT molecular complexity index is 1380. The van der Waals surface area contributed by atoms with Gasteiger partial charge >= 0.3 is 0 Å². The molecule has 0 atom stereocenters. The van der Waals surface area contributed by atoms with Crippen molar-refractivity contribution in [2.45, 2.75) is 26.3 Å². The highest BCUT2D eigenvalue weighted by Crippen LogP contribution is 2.30. The van der Waals surface area contributed by atoms with Crippen LogP contribution in [0.3, 0.4) is 0 Å². The first kappa shape index (κ1) is 21.7. The Morgan fingerprint density at radius 2 is 1.52 bits per heavy atom. The van der Waals surface area contributed by atoms with Crippen LogP contribution >= 0.6 is 23.2 Å². The summed E-state index contributed by atoms with van der Waals surface area (Å²) in [7, 11) is 0. The number of halogens is 2. The normalized spacial score (nSPS) is 13.2. The van der Waals surface area contributed by atoms with E-state index >= 15 is 0 Å². The predicted octanol–water partition coefficient (Wildman–Crippen LogP) is 5.93. The maximum absolute atomic E-state index is 12.7. The van der Waals surface area contributed by atoms with Gasteiger partial charge in [-0.25, -0.2) is 4.98 Å². The predicted molar refractivity (Wildman–Crippen MR) is 130 cm³/mol. The zero-order chi connectivity index (χ0) is 23.1. The van der Waals surface area contributed by atoms with Crippen molar-refractivity contribution in [3.05, 3.63) is 98.8 Å². The van der Waals surface area contributed by atoms with Gasteiger partial charge in [0.1, 0.15) is 5.82 Å². The number of rotatable bonds is 6. The molecule has 1 aromatic heterocycles. The third-order valence-electron chi connectivity index (χ3n) is 6.12. The highest BCUT2D eigenvalue weighted by atomic mass is 35.5. The lowest BCUT2D eigenvalue weighted by molar-refractivity contribution is 0.0652. The van der Waals surface area contributed by atoms with Crippen molar-refractivity contribution in [2.24, 2.45) is 0 Å². The molecule has 0 saturated heterocycles. The fraction of sp³-hybridized carbons (Fsp3) is 0.192. The molecule has 2 heterocycles. The molecule has 0 unspecified atom stereocenters. The second-order valence-electron chi connectivity index (χ2n) is 8.21. The van der Waals surface area contributed by atoms with Crippen LogP contribution in [0.5, 0.6) is 0 Å². The molecule has 0 aliphatic carbocycles. The Kier molecular flexibility index (Phi) is 5.69. The highest BCUT2D eigenvalue weighted by molar-refractivity contribution is 6.42. The number of aromatic nitrogens is 2. The number of hydrogen-bond acceptors (Lipinski definition) is 3. The van der Waals surface area contributed by atoms with Crippen molar-refractivity contribution in [3.8, 4) is 0 Å². The van der Waals surface area contributed by atoms with E-state index in [1.807, 2.05) is 18.2 Å². The van der Waals surface area contributed by atoms with Crippen LogP contribution in [0.25, 0.3) is 11.0 Å². The summed E-state index contributed by atoms with van der Waals surface area (Å²) in [5, 5.41) is 0.940. The van der Waals surface area contributed by atoms with Crippen molar-refractivity contribution in [1.29, 1.82) is 0 Å². The Labute approximate surface area is 201 Å². The van der Waals surface area contributed by atoms with E-state index in [-0.39, 0.29) is 11.8 Å². The number of benzene rings is 3. The molecule has 7 heteroatoms. The summed E-state index contributed by atoms with van der Waals surface area (Å²) in [6.07, 6.45) is 1.20. The summed E-state index contributed by atoms with van der Waals surface area (Å²) < 4.78 is 2.14. The largest absolute Gasteiger partial charge is 0.323 e. The number of imidazole rings is 1. The molecule has 0 radical (unpaired) electrons. The summed E-state index contributed by atoms with van der Waals surface area (Å²) in [6.45, 7) is 3.06. The van der Waals surface area contributed by atoms with Gasteiger partial charge in [0.25, 0.3) is 11.8 Å². The topological polar surface area (TPSA) is 55.2 Å². The lowest BCUT2D eigenvalue weighted by Gasteiger charge is -2.15. The van der Waals surface area contributed by atoms with Crippen molar-refractivity contribution in [1.82, 2.24) is 14.5 Å². The zero-order valence-corrected chi connectivity index (χ0v) is 19.5. The average Bonchev–Trinajstić information content (AvgIpc) is 3.25. The van der Waals surface area contributed by atoms with E-state index in [1.54, 1.807) is 30.3 Å². The fourth-order valence-electron chi connectivity index (χ4n) is 4.33. The second kappa shape index (κ2) is 8.65. The Morgan fingerprint density at radius 3 is 2.21 bits per heavy atom. The van der Waals surface area contributed by atoms with E-state index < -0.39 is 0 Å². The van der Waals surface area contributed by atoms with Gasteiger partial charge in [-0.1, -0.05) is 59.6 Å². The van der Waals surface area contributed by atoms with Gasteiger partial charge < -0.3 is 4.57 Å². The standard InChI is InChI=1S/C26H21Cl2N3O2/c1-16-7-2-3-8-17(16)15-31-23-14-21(28)20(27)13-22(23)29-24(31)11-6-12-30-25(32)18-9-4-5-10-19(18)26(30)33/h2-5,7-10,13-14H,6,11-12,15H2,1H3. The van der Waals surface area contributed by atoms with Gasteiger partial charge in [-0.15, -0.1) is 0 Å². The Hall–Kier alpha value is -3.15.